The van der Waals surface area contributed by atoms with Crippen LogP contribution in [0.3, 0.4) is 0 Å². The molecule has 1 fully saturated rings. The average Bonchev–Trinajstić information content (AvgIpc) is 3.16. The second-order valence-electron chi connectivity index (χ2n) is 8.29. The Balaban J connectivity index is 1.55. The minimum Gasteiger partial charge on any atom is -0.492 e. The number of ether oxygens (including phenoxy) is 1. The normalized spacial score (nSPS) is 23.5. The van der Waals surface area contributed by atoms with Crippen molar-refractivity contribution in [1.29, 1.82) is 0 Å². The number of amides is 2. The summed E-state index contributed by atoms with van der Waals surface area (Å²) in [5.74, 6) is 0.981. The summed E-state index contributed by atoms with van der Waals surface area (Å²) in [6.45, 7) is 6.23. The number of nitrogens with zero attached hydrogens (tertiary/aromatic N) is 5. The van der Waals surface area contributed by atoms with Crippen molar-refractivity contribution >= 4 is 11.8 Å². The molecule has 3 aliphatic rings. The van der Waals surface area contributed by atoms with Gasteiger partial charge in [0, 0.05) is 37.8 Å². The fraction of sp³-hybridized carbons (Fsp3) is 0.545. The van der Waals surface area contributed by atoms with Crippen molar-refractivity contribution in [2.24, 2.45) is 0 Å². The van der Waals surface area contributed by atoms with Crippen LogP contribution in [0.5, 0.6) is 5.75 Å². The maximum Gasteiger partial charge on any atom is 0.227 e. The van der Waals surface area contributed by atoms with E-state index in [2.05, 4.69) is 10.3 Å². The van der Waals surface area contributed by atoms with Gasteiger partial charge in [-0.1, -0.05) is 17.3 Å². The number of piperazine rings is 1. The predicted octanol–water partition coefficient (Wildman–Crippen LogP) is 1.68. The molecule has 0 N–H and O–H groups in total. The third kappa shape index (κ3) is 4.63. The molecule has 2 aromatic rings. The molecule has 0 aliphatic carbocycles. The van der Waals surface area contributed by atoms with Crippen molar-refractivity contribution in [3.05, 3.63) is 41.7 Å². The Morgan fingerprint density at radius 2 is 1.80 bits per heavy atom. The number of carbonyl (C=O) groups is 2. The zero-order valence-electron chi connectivity index (χ0n) is 17.7. The van der Waals surface area contributed by atoms with E-state index in [1.165, 1.54) is 0 Å². The standard InChI is InChI=1S/C22H29N5O3/c1-16-14-27-17(2)13-26(16)21(28)8-4-6-19-15-25(24-23-19)9-10-30-20-7-3-5-18(11-20)12-22(27)29/h3,5,7,11,15-17H,4,6,8-10,12-14H2,1-2H3/t16-,17+/m1/s1. The van der Waals surface area contributed by atoms with Crippen molar-refractivity contribution in [2.75, 3.05) is 19.7 Å². The Morgan fingerprint density at radius 1 is 1.03 bits per heavy atom. The van der Waals surface area contributed by atoms with Gasteiger partial charge in [0.15, 0.2) is 0 Å². The third-order valence-corrected chi connectivity index (χ3v) is 5.88. The number of fused-ring (bicyclic) bond motifs is 8. The van der Waals surface area contributed by atoms with E-state index in [4.69, 9.17) is 4.74 Å². The fourth-order valence-electron chi connectivity index (χ4n) is 4.23. The monoisotopic (exact) mass is 411 g/mol. The average molecular weight is 412 g/mol. The van der Waals surface area contributed by atoms with E-state index in [0.717, 1.165) is 29.8 Å². The Bertz CT molecular complexity index is 912. The molecule has 0 saturated carbocycles. The van der Waals surface area contributed by atoms with Crippen molar-refractivity contribution in [3.8, 4) is 5.75 Å². The van der Waals surface area contributed by atoms with E-state index >= 15 is 0 Å². The van der Waals surface area contributed by atoms with E-state index in [1.54, 1.807) is 4.68 Å². The molecule has 6 bridgehead atoms. The smallest absolute Gasteiger partial charge is 0.227 e. The Hall–Kier alpha value is -2.90. The Morgan fingerprint density at radius 3 is 2.60 bits per heavy atom. The molecule has 0 unspecified atom stereocenters. The van der Waals surface area contributed by atoms with Gasteiger partial charge in [-0.2, -0.15) is 0 Å². The topological polar surface area (TPSA) is 80.6 Å². The van der Waals surface area contributed by atoms with E-state index < -0.39 is 0 Å². The zero-order valence-corrected chi connectivity index (χ0v) is 17.7. The van der Waals surface area contributed by atoms with Gasteiger partial charge in [-0.15, -0.1) is 5.10 Å². The van der Waals surface area contributed by atoms with Gasteiger partial charge in [0.2, 0.25) is 11.8 Å². The first kappa shape index (κ1) is 20.4. The van der Waals surface area contributed by atoms with E-state index in [9.17, 15) is 9.59 Å². The SMILES string of the molecule is C[C@@H]1CN2C(=O)Cc3cccc(c3)OCCn3cc(nn3)CCCC(=O)N1C[C@@H]2C. The van der Waals surface area contributed by atoms with Crippen molar-refractivity contribution < 1.29 is 14.3 Å². The quantitative estimate of drug-likeness (QED) is 0.659. The molecule has 30 heavy (non-hydrogen) atoms. The zero-order chi connectivity index (χ0) is 21.1. The molecule has 5 rings (SSSR count). The maximum absolute atomic E-state index is 13.0. The molecule has 1 saturated heterocycles. The molecule has 8 nitrogen and oxygen atoms in total. The number of aromatic nitrogens is 3. The summed E-state index contributed by atoms with van der Waals surface area (Å²) in [5, 5.41) is 8.36. The maximum atomic E-state index is 13.0. The van der Waals surface area contributed by atoms with Gasteiger partial charge < -0.3 is 14.5 Å². The number of hydrogen-bond acceptors (Lipinski definition) is 5. The van der Waals surface area contributed by atoms with Gasteiger partial charge in [0.05, 0.1) is 18.7 Å². The molecule has 1 aromatic heterocycles. The molecule has 160 valence electrons. The van der Waals surface area contributed by atoms with Gasteiger partial charge >= 0.3 is 0 Å². The highest BCUT2D eigenvalue weighted by Crippen LogP contribution is 2.20. The lowest BCUT2D eigenvalue weighted by molar-refractivity contribution is -0.145. The lowest BCUT2D eigenvalue weighted by Crippen LogP contribution is -2.59. The van der Waals surface area contributed by atoms with Crippen LogP contribution in [-0.4, -0.2) is 68.4 Å². The van der Waals surface area contributed by atoms with Gasteiger partial charge in [-0.25, -0.2) is 4.68 Å². The summed E-state index contributed by atoms with van der Waals surface area (Å²) in [5.41, 5.74) is 1.82. The van der Waals surface area contributed by atoms with Crippen molar-refractivity contribution in [1.82, 2.24) is 24.8 Å². The van der Waals surface area contributed by atoms with Crippen LogP contribution in [0.25, 0.3) is 0 Å². The van der Waals surface area contributed by atoms with E-state index in [0.29, 0.717) is 39.1 Å². The number of rotatable bonds is 0. The van der Waals surface area contributed by atoms with Crippen LogP contribution in [0.1, 0.15) is 37.9 Å². The fourth-order valence-corrected chi connectivity index (χ4v) is 4.23. The molecule has 0 spiro atoms. The lowest BCUT2D eigenvalue weighted by Gasteiger charge is -2.44. The number of aryl methyl sites for hydroxylation is 1. The second-order valence-corrected chi connectivity index (χ2v) is 8.29. The van der Waals surface area contributed by atoms with Crippen LogP contribution < -0.4 is 4.74 Å². The van der Waals surface area contributed by atoms with Crippen LogP contribution in [0.2, 0.25) is 0 Å². The number of benzene rings is 1. The number of carbonyl (C=O) groups excluding carboxylic acids is 2. The minimum atomic E-state index is -0.000866. The van der Waals surface area contributed by atoms with Gasteiger partial charge in [-0.3, -0.25) is 9.59 Å². The van der Waals surface area contributed by atoms with Gasteiger partial charge in [-0.05, 0) is 44.4 Å². The second kappa shape index (κ2) is 8.85. The summed E-state index contributed by atoms with van der Waals surface area (Å²) >= 11 is 0. The lowest BCUT2D eigenvalue weighted by atomic mass is 10.0. The van der Waals surface area contributed by atoms with E-state index in [-0.39, 0.29) is 23.9 Å². The first-order valence-corrected chi connectivity index (χ1v) is 10.7. The van der Waals surface area contributed by atoms with Crippen molar-refractivity contribution in [3.63, 3.8) is 0 Å². The van der Waals surface area contributed by atoms with Gasteiger partial charge in [0.25, 0.3) is 0 Å². The Labute approximate surface area is 176 Å². The molecule has 2 amide bonds. The molecule has 2 atom stereocenters. The highest BCUT2D eigenvalue weighted by Gasteiger charge is 2.34. The van der Waals surface area contributed by atoms with Crippen LogP contribution in [-0.2, 0) is 29.0 Å². The summed E-state index contributed by atoms with van der Waals surface area (Å²) in [6, 6.07) is 7.70. The molecular weight excluding hydrogens is 382 g/mol. The molecule has 8 heteroatoms. The number of hydrogen-bond donors (Lipinski definition) is 0. The van der Waals surface area contributed by atoms with E-state index in [1.807, 2.05) is 54.1 Å². The molecule has 4 heterocycles. The molecule has 3 aliphatic heterocycles. The highest BCUT2D eigenvalue weighted by atomic mass is 16.5. The van der Waals surface area contributed by atoms with Crippen LogP contribution in [0, 0.1) is 0 Å². The Kier molecular flexibility index (Phi) is 6.01. The summed E-state index contributed by atoms with van der Waals surface area (Å²) < 4.78 is 7.63. The molecular formula is C22H29N5O3. The third-order valence-electron chi connectivity index (χ3n) is 5.88. The highest BCUT2D eigenvalue weighted by molar-refractivity contribution is 5.80. The largest absolute Gasteiger partial charge is 0.492 e. The van der Waals surface area contributed by atoms with Crippen molar-refractivity contribution in [2.45, 2.75) is 58.2 Å². The summed E-state index contributed by atoms with van der Waals surface area (Å²) in [4.78, 5) is 29.6. The summed E-state index contributed by atoms with van der Waals surface area (Å²) in [6.07, 6.45) is 4.18. The van der Waals surface area contributed by atoms with Crippen LogP contribution in [0.4, 0.5) is 0 Å². The minimum absolute atomic E-state index is 0.000866. The predicted molar refractivity (Wildman–Crippen MR) is 111 cm³/mol. The van der Waals surface area contributed by atoms with Crippen LogP contribution >= 0.6 is 0 Å². The van der Waals surface area contributed by atoms with Crippen LogP contribution in [0.15, 0.2) is 30.5 Å². The molecule has 0 radical (unpaired) electrons. The first-order chi connectivity index (χ1) is 14.5. The summed E-state index contributed by atoms with van der Waals surface area (Å²) in [7, 11) is 0. The first-order valence-electron chi connectivity index (χ1n) is 10.7. The van der Waals surface area contributed by atoms with Gasteiger partial charge in [0.1, 0.15) is 12.4 Å². The molecule has 1 aromatic carbocycles.